The smallest absolute Gasteiger partial charge is 0.416 e. The molecule has 2 saturated heterocycles. The highest BCUT2D eigenvalue weighted by molar-refractivity contribution is 7.99. The van der Waals surface area contributed by atoms with Gasteiger partial charge in [-0.05, 0) is 55.0 Å². The van der Waals surface area contributed by atoms with Gasteiger partial charge in [0, 0.05) is 25.2 Å². The number of carboxylic acid groups (broad SMARTS) is 2. The van der Waals surface area contributed by atoms with E-state index >= 15 is 0 Å². The fourth-order valence-electron chi connectivity index (χ4n) is 3.91. The second kappa shape index (κ2) is 12.7. The third-order valence-corrected chi connectivity index (χ3v) is 6.75. The van der Waals surface area contributed by atoms with E-state index in [-0.39, 0.29) is 18.2 Å². The van der Waals surface area contributed by atoms with Crippen LogP contribution in [-0.4, -0.2) is 86.2 Å². The molecule has 2 aliphatic heterocycles. The van der Waals surface area contributed by atoms with E-state index in [0.29, 0.717) is 12.1 Å². The molecule has 0 aromatic heterocycles. The first-order valence-corrected chi connectivity index (χ1v) is 11.8. The Morgan fingerprint density at radius 1 is 1.06 bits per heavy atom. The molecule has 3 rings (SSSR count). The van der Waals surface area contributed by atoms with Gasteiger partial charge in [-0.1, -0.05) is 6.07 Å². The van der Waals surface area contributed by atoms with Gasteiger partial charge < -0.3 is 25.7 Å². The van der Waals surface area contributed by atoms with Gasteiger partial charge in [0.15, 0.2) is 12.2 Å². The molecule has 0 spiro atoms. The molecule has 0 unspecified atom stereocenters. The minimum absolute atomic E-state index is 0.175. The van der Waals surface area contributed by atoms with Crippen molar-refractivity contribution in [2.24, 2.45) is 0 Å². The Labute approximate surface area is 197 Å². The lowest BCUT2D eigenvalue weighted by Gasteiger charge is -2.38. The average molecular weight is 513 g/mol. The first kappa shape index (κ1) is 28.3. The van der Waals surface area contributed by atoms with Crippen molar-refractivity contribution >= 4 is 23.7 Å². The quantitative estimate of drug-likeness (QED) is 0.347. The van der Waals surface area contributed by atoms with Crippen molar-refractivity contribution < 1.29 is 47.6 Å². The molecular formula is C21H28F4N2O6S. The van der Waals surface area contributed by atoms with Gasteiger partial charge in [-0.25, -0.2) is 14.0 Å². The van der Waals surface area contributed by atoms with Crippen LogP contribution < -0.4 is 5.32 Å². The van der Waals surface area contributed by atoms with Crippen LogP contribution in [0.15, 0.2) is 18.2 Å². The highest BCUT2D eigenvalue weighted by Gasteiger charge is 2.36. The Hall–Kier alpha value is -1.93. The number of halogens is 4. The van der Waals surface area contributed by atoms with Gasteiger partial charge in [0.05, 0.1) is 5.56 Å². The van der Waals surface area contributed by atoms with Crippen molar-refractivity contribution in [3.05, 3.63) is 35.1 Å². The molecule has 34 heavy (non-hydrogen) atoms. The Morgan fingerprint density at radius 2 is 1.65 bits per heavy atom. The summed E-state index contributed by atoms with van der Waals surface area (Å²) in [5.74, 6) is -2.27. The van der Waals surface area contributed by atoms with Gasteiger partial charge in [-0.3, -0.25) is 4.90 Å². The normalized spacial score (nSPS) is 21.0. The number of carbonyl (C=O) groups is 2. The Morgan fingerprint density at radius 3 is 2.12 bits per heavy atom. The summed E-state index contributed by atoms with van der Waals surface area (Å²) in [7, 11) is 0. The maximum atomic E-state index is 13.3. The van der Waals surface area contributed by atoms with Gasteiger partial charge in [-0.2, -0.15) is 24.9 Å². The lowest BCUT2D eigenvalue weighted by molar-refractivity contribution is -0.165. The highest BCUT2D eigenvalue weighted by Crippen LogP contribution is 2.35. The molecule has 0 aliphatic carbocycles. The summed E-state index contributed by atoms with van der Waals surface area (Å²) in [5.41, 5.74) is -0.669. The number of thioether (sulfide) groups is 1. The Balaban J connectivity index is 0.000000347. The fourth-order valence-corrected chi connectivity index (χ4v) is 4.99. The predicted molar refractivity (Wildman–Crippen MR) is 116 cm³/mol. The number of hydrogen-bond acceptors (Lipinski definition) is 7. The largest absolute Gasteiger partial charge is 0.479 e. The number of alkyl halides is 3. The van der Waals surface area contributed by atoms with E-state index in [1.807, 2.05) is 11.8 Å². The average Bonchev–Trinajstić information content (AvgIpc) is 3.32. The van der Waals surface area contributed by atoms with Crippen molar-refractivity contribution in [2.45, 2.75) is 56.3 Å². The molecule has 5 N–H and O–H groups in total. The number of rotatable bonds is 7. The zero-order valence-corrected chi connectivity index (χ0v) is 19.0. The molecule has 1 aromatic rings. The third kappa shape index (κ3) is 8.08. The van der Waals surface area contributed by atoms with Crippen molar-refractivity contribution in [3.8, 4) is 0 Å². The molecule has 3 atom stereocenters. The van der Waals surface area contributed by atoms with E-state index in [4.69, 9.17) is 20.4 Å². The molecule has 2 fully saturated rings. The summed E-state index contributed by atoms with van der Waals surface area (Å²) in [6, 6.07) is 3.61. The molecule has 13 heteroatoms. The molecule has 2 heterocycles. The second-order valence-electron chi connectivity index (χ2n) is 8.03. The number of nitrogens with zero attached hydrogens (tertiary/aromatic N) is 1. The van der Waals surface area contributed by atoms with Crippen LogP contribution in [-0.2, 0) is 22.3 Å². The Kier molecular flexibility index (Phi) is 10.6. The summed E-state index contributed by atoms with van der Waals surface area (Å²) in [4.78, 5) is 21.8. The molecule has 0 saturated carbocycles. The maximum absolute atomic E-state index is 13.3. The van der Waals surface area contributed by atoms with E-state index < -0.39 is 41.7 Å². The summed E-state index contributed by atoms with van der Waals surface area (Å²) >= 11 is 1.90. The van der Waals surface area contributed by atoms with E-state index in [1.54, 1.807) is 0 Å². The SMILES string of the molecule is Fc1ccc(CN(C2CCSCC2)[C@H]2CCNC2)c(C(F)(F)F)c1.O=C(O)[C@H](O)[C@@H](O)C(=O)O. The standard InChI is InChI=1S/C17H22F4N2S.C4H6O6/c18-13-2-1-12(16(9-13)17(19,20)21)11-23(15-3-6-22-10-15)14-4-7-24-8-5-14;5-1(3(7)8)2(6)4(9)10/h1-2,9,14-15,22H,3-8,10-11H2;1-2,5-6H,(H,7,8)(H,9,10)/t15-;1-,2-/m01/s1. The number of aliphatic hydroxyl groups is 2. The number of aliphatic carboxylic acids is 2. The molecule has 0 bridgehead atoms. The van der Waals surface area contributed by atoms with Gasteiger partial charge in [0.2, 0.25) is 0 Å². The first-order chi connectivity index (χ1) is 15.9. The van der Waals surface area contributed by atoms with Crippen LogP contribution in [0.4, 0.5) is 17.6 Å². The number of hydrogen-bond donors (Lipinski definition) is 5. The van der Waals surface area contributed by atoms with Crippen LogP contribution in [0.1, 0.15) is 30.4 Å². The predicted octanol–water partition coefficient (Wildman–Crippen LogP) is 1.78. The molecule has 2 aliphatic rings. The molecular weight excluding hydrogens is 484 g/mol. The highest BCUT2D eigenvalue weighted by atomic mass is 32.2. The van der Waals surface area contributed by atoms with Gasteiger partial charge >= 0.3 is 18.1 Å². The van der Waals surface area contributed by atoms with Gasteiger partial charge in [-0.15, -0.1) is 0 Å². The van der Waals surface area contributed by atoms with Crippen LogP contribution in [0.3, 0.4) is 0 Å². The topological polar surface area (TPSA) is 130 Å². The second-order valence-corrected chi connectivity index (χ2v) is 9.25. The van der Waals surface area contributed by atoms with E-state index in [9.17, 15) is 27.2 Å². The summed E-state index contributed by atoms with van der Waals surface area (Å²) in [5, 5.41) is 35.8. The minimum atomic E-state index is -4.53. The minimum Gasteiger partial charge on any atom is -0.479 e. The molecule has 192 valence electrons. The molecule has 8 nitrogen and oxygen atoms in total. The summed E-state index contributed by atoms with van der Waals surface area (Å²) in [6.07, 6.45) is -6.10. The van der Waals surface area contributed by atoms with Crippen molar-refractivity contribution in [3.63, 3.8) is 0 Å². The van der Waals surface area contributed by atoms with Gasteiger partial charge in [0.25, 0.3) is 0 Å². The third-order valence-electron chi connectivity index (χ3n) is 5.70. The monoisotopic (exact) mass is 512 g/mol. The fraction of sp³-hybridized carbons (Fsp3) is 0.619. The van der Waals surface area contributed by atoms with E-state index in [1.165, 1.54) is 6.07 Å². The van der Waals surface area contributed by atoms with Crippen LogP contribution in [0.5, 0.6) is 0 Å². The van der Waals surface area contributed by atoms with Crippen LogP contribution in [0, 0.1) is 5.82 Å². The number of benzene rings is 1. The van der Waals surface area contributed by atoms with Crippen molar-refractivity contribution in [1.29, 1.82) is 0 Å². The van der Waals surface area contributed by atoms with E-state index in [0.717, 1.165) is 49.9 Å². The zero-order chi connectivity index (χ0) is 25.5. The number of nitrogens with one attached hydrogen (secondary N) is 1. The lowest BCUT2D eigenvalue weighted by atomic mass is 10.0. The lowest BCUT2D eigenvalue weighted by Crippen LogP contribution is -2.45. The van der Waals surface area contributed by atoms with Crippen LogP contribution in [0.2, 0.25) is 0 Å². The van der Waals surface area contributed by atoms with Crippen molar-refractivity contribution in [1.82, 2.24) is 10.2 Å². The Bertz CT molecular complexity index is 814. The molecule has 0 radical (unpaired) electrons. The summed E-state index contributed by atoms with van der Waals surface area (Å²) in [6.45, 7) is 1.95. The van der Waals surface area contributed by atoms with E-state index in [2.05, 4.69) is 10.2 Å². The van der Waals surface area contributed by atoms with Crippen LogP contribution >= 0.6 is 11.8 Å². The first-order valence-electron chi connectivity index (χ1n) is 10.6. The molecule has 1 aromatic carbocycles. The van der Waals surface area contributed by atoms with Gasteiger partial charge in [0.1, 0.15) is 5.82 Å². The number of carboxylic acids is 2. The number of aliphatic hydroxyl groups excluding tert-OH is 2. The maximum Gasteiger partial charge on any atom is 0.416 e. The van der Waals surface area contributed by atoms with Crippen molar-refractivity contribution in [2.75, 3.05) is 24.6 Å². The van der Waals surface area contributed by atoms with Crippen LogP contribution in [0.25, 0.3) is 0 Å². The zero-order valence-electron chi connectivity index (χ0n) is 18.2. The molecule has 0 amide bonds. The summed E-state index contributed by atoms with van der Waals surface area (Å²) < 4.78 is 53.2.